The Labute approximate surface area is 95.9 Å². The number of hydrogen-bond acceptors (Lipinski definition) is 3. The molecular weight excluding hydrogens is 202 g/mol. The lowest BCUT2D eigenvalue weighted by Gasteiger charge is -2.22. The maximum absolute atomic E-state index is 5.62. The van der Waals surface area contributed by atoms with Crippen molar-refractivity contribution in [3.63, 3.8) is 0 Å². The molecule has 3 heteroatoms. The van der Waals surface area contributed by atoms with Gasteiger partial charge in [-0.3, -0.25) is 0 Å². The second-order valence-corrected chi connectivity index (χ2v) is 3.88. The van der Waals surface area contributed by atoms with Crippen molar-refractivity contribution in [2.24, 2.45) is 5.73 Å². The number of hydrogen-bond donors (Lipinski definition) is 1. The van der Waals surface area contributed by atoms with Crippen molar-refractivity contribution < 1.29 is 9.47 Å². The maximum Gasteiger partial charge on any atom is 0.164 e. The lowest BCUT2D eigenvalue weighted by molar-refractivity contribution is 0.170. The van der Waals surface area contributed by atoms with E-state index in [1.54, 1.807) is 0 Å². The summed E-state index contributed by atoms with van der Waals surface area (Å²) in [4.78, 5) is 0. The zero-order valence-corrected chi connectivity index (χ0v) is 9.75. The standard InChI is InChI=1S/C13H17NO2/c1-9-10(2)13-12(15-6-7-16-13)8-11(9)4-3-5-14/h3-4,8H,5-7,14H2,1-2H3/b4-3+. The van der Waals surface area contributed by atoms with E-state index in [0.717, 1.165) is 22.6 Å². The van der Waals surface area contributed by atoms with Crippen LogP contribution in [0.15, 0.2) is 12.1 Å². The highest BCUT2D eigenvalue weighted by atomic mass is 16.6. The zero-order valence-electron chi connectivity index (χ0n) is 9.75. The molecule has 2 rings (SSSR count). The van der Waals surface area contributed by atoms with E-state index in [0.29, 0.717) is 19.8 Å². The molecule has 1 aliphatic heterocycles. The molecule has 0 saturated carbocycles. The van der Waals surface area contributed by atoms with E-state index in [9.17, 15) is 0 Å². The smallest absolute Gasteiger partial charge is 0.164 e. The van der Waals surface area contributed by atoms with Crippen molar-refractivity contribution >= 4 is 6.08 Å². The average Bonchev–Trinajstić information content (AvgIpc) is 2.32. The van der Waals surface area contributed by atoms with Gasteiger partial charge in [0.25, 0.3) is 0 Å². The van der Waals surface area contributed by atoms with Crippen LogP contribution in [0.3, 0.4) is 0 Å². The van der Waals surface area contributed by atoms with Crippen LogP contribution >= 0.6 is 0 Å². The summed E-state index contributed by atoms with van der Waals surface area (Å²) in [6.07, 6.45) is 3.97. The van der Waals surface area contributed by atoms with Gasteiger partial charge in [-0.05, 0) is 36.6 Å². The number of nitrogens with two attached hydrogens (primary N) is 1. The molecule has 3 nitrogen and oxygen atoms in total. The van der Waals surface area contributed by atoms with Crippen molar-refractivity contribution in [1.29, 1.82) is 0 Å². The fourth-order valence-electron chi connectivity index (χ4n) is 1.84. The second-order valence-electron chi connectivity index (χ2n) is 3.88. The van der Waals surface area contributed by atoms with Crippen molar-refractivity contribution in [1.82, 2.24) is 0 Å². The van der Waals surface area contributed by atoms with Crippen LogP contribution < -0.4 is 15.2 Å². The largest absolute Gasteiger partial charge is 0.486 e. The topological polar surface area (TPSA) is 44.5 Å². The third kappa shape index (κ3) is 1.91. The molecule has 86 valence electrons. The predicted molar refractivity (Wildman–Crippen MR) is 65.0 cm³/mol. The van der Waals surface area contributed by atoms with Crippen LogP contribution in [0, 0.1) is 13.8 Å². The molecule has 0 saturated heterocycles. The molecule has 1 heterocycles. The molecule has 0 fully saturated rings. The highest BCUT2D eigenvalue weighted by Crippen LogP contribution is 2.37. The van der Waals surface area contributed by atoms with Crippen LogP contribution in [-0.2, 0) is 0 Å². The van der Waals surface area contributed by atoms with Crippen LogP contribution in [0.2, 0.25) is 0 Å². The summed E-state index contributed by atoms with van der Waals surface area (Å²) < 4.78 is 11.2. The Morgan fingerprint density at radius 2 is 2.00 bits per heavy atom. The Hall–Kier alpha value is -1.48. The number of fused-ring (bicyclic) bond motifs is 1. The molecule has 0 atom stereocenters. The molecule has 1 aromatic carbocycles. The lowest BCUT2D eigenvalue weighted by atomic mass is 10.0. The number of ether oxygens (including phenoxy) is 2. The molecule has 1 aromatic rings. The molecule has 2 N–H and O–H groups in total. The normalized spacial score (nSPS) is 14.4. The van der Waals surface area contributed by atoms with E-state index < -0.39 is 0 Å². The first-order valence-electron chi connectivity index (χ1n) is 5.50. The molecule has 0 aliphatic carbocycles. The van der Waals surface area contributed by atoms with E-state index in [1.165, 1.54) is 5.56 Å². The third-order valence-corrected chi connectivity index (χ3v) is 2.87. The van der Waals surface area contributed by atoms with Gasteiger partial charge >= 0.3 is 0 Å². The van der Waals surface area contributed by atoms with Crippen LogP contribution in [0.5, 0.6) is 11.5 Å². The maximum atomic E-state index is 5.62. The van der Waals surface area contributed by atoms with Gasteiger partial charge in [0.2, 0.25) is 0 Å². The second kappa shape index (κ2) is 4.58. The van der Waals surface area contributed by atoms with Gasteiger partial charge in [0, 0.05) is 6.54 Å². The summed E-state index contributed by atoms with van der Waals surface area (Å²) in [5.74, 6) is 1.72. The number of benzene rings is 1. The summed E-state index contributed by atoms with van der Waals surface area (Å²) in [5, 5.41) is 0. The highest BCUT2D eigenvalue weighted by Gasteiger charge is 2.17. The summed E-state index contributed by atoms with van der Waals surface area (Å²) in [6.45, 7) is 5.94. The van der Waals surface area contributed by atoms with Gasteiger partial charge in [0.15, 0.2) is 11.5 Å². The van der Waals surface area contributed by atoms with Gasteiger partial charge in [-0.25, -0.2) is 0 Å². The molecule has 1 aliphatic rings. The summed E-state index contributed by atoms with van der Waals surface area (Å²) >= 11 is 0. The molecule has 0 spiro atoms. The fourth-order valence-corrected chi connectivity index (χ4v) is 1.84. The predicted octanol–water partition coefficient (Wildman–Crippen LogP) is 2.05. The Morgan fingerprint density at radius 3 is 2.75 bits per heavy atom. The third-order valence-electron chi connectivity index (χ3n) is 2.87. The Bertz CT molecular complexity index is 424. The van der Waals surface area contributed by atoms with E-state index in [4.69, 9.17) is 15.2 Å². The first-order chi connectivity index (χ1) is 7.74. The molecule has 0 bridgehead atoms. The minimum Gasteiger partial charge on any atom is -0.486 e. The zero-order chi connectivity index (χ0) is 11.5. The lowest BCUT2D eigenvalue weighted by Crippen LogP contribution is -2.16. The first kappa shape index (κ1) is 11.0. The molecule has 0 amide bonds. The van der Waals surface area contributed by atoms with E-state index in [-0.39, 0.29) is 0 Å². The van der Waals surface area contributed by atoms with Crippen LogP contribution in [0.1, 0.15) is 16.7 Å². The van der Waals surface area contributed by atoms with Gasteiger partial charge in [0.1, 0.15) is 13.2 Å². The summed E-state index contributed by atoms with van der Waals surface area (Å²) in [5.41, 5.74) is 8.97. The Balaban J connectivity index is 2.48. The molecule has 0 unspecified atom stereocenters. The Morgan fingerprint density at radius 1 is 1.25 bits per heavy atom. The fraction of sp³-hybridized carbons (Fsp3) is 0.385. The number of rotatable bonds is 2. The van der Waals surface area contributed by atoms with E-state index in [2.05, 4.69) is 13.8 Å². The summed E-state index contributed by atoms with van der Waals surface area (Å²) in [6, 6.07) is 2.02. The minimum atomic E-state index is 0.549. The van der Waals surface area contributed by atoms with Gasteiger partial charge in [-0.15, -0.1) is 0 Å². The molecule has 16 heavy (non-hydrogen) atoms. The van der Waals surface area contributed by atoms with Gasteiger partial charge < -0.3 is 15.2 Å². The van der Waals surface area contributed by atoms with Crippen molar-refractivity contribution in [3.05, 3.63) is 28.8 Å². The van der Waals surface area contributed by atoms with E-state index >= 15 is 0 Å². The highest BCUT2D eigenvalue weighted by molar-refractivity contribution is 5.63. The average molecular weight is 219 g/mol. The molecule has 0 aromatic heterocycles. The van der Waals surface area contributed by atoms with E-state index in [1.807, 2.05) is 18.2 Å². The Kier molecular flexibility index (Phi) is 3.15. The molecule has 0 radical (unpaired) electrons. The molecular formula is C13H17NO2. The monoisotopic (exact) mass is 219 g/mol. The van der Waals surface area contributed by atoms with Gasteiger partial charge in [-0.2, -0.15) is 0 Å². The van der Waals surface area contributed by atoms with Gasteiger partial charge in [-0.1, -0.05) is 12.2 Å². The van der Waals surface area contributed by atoms with Gasteiger partial charge in [0.05, 0.1) is 0 Å². The SMILES string of the molecule is Cc1c(/C=C/CN)cc2c(c1C)OCCO2. The minimum absolute atomic E-state index is 0.549. The van der Waals surface area contributed by atoms with Crippen molar-refractivity contribution in [2.75, 3.05) is 19.8 Å². The van der Waals surface area contributed by atoms with Crippen LogP contribution in [0.4, 0.5) is 0 Å². The van der Waals surface area contributed by atoms with Crippen molar-refractivity contribution in [3.8, 4) is 11.5 Å². The summed E-state index contributed by atoms with van der Waals surface area (Å²) in [7, 11) is 0. The van der Waals surface area contributed by atoms with Crippen molar-refractivity contribution in [2.45, 2.75) is 13.8 Å². The van der Waals surface area contributed by atoms with Crippen LogP contribution in [-0.4, -0.2) is 19.8 Å². The quantitative estimate of drug-likeness (QED) is 0.828. The van der Waals surface area contributed by atoms with Crippen LogP contribution in [0.25, 0.3) is 6.08 Å². The first-order valence-corrected chi connectivity index (χ1v) is 5.50.